The monoisotopic (exact) mass is 626 g/mol. The van der Waals surface area contributed by atoms with Gasteiger partial charge in [0, 0.05) is 12.3 Å². The highest BCUT2D eigenvalue weighted by molar-refractivity contribution is 8.13. The van der Waals surface area contributed by atoms with E-state index in [9.17, 15) is 28.8 Å². The molecule has 0 saturated carbocycles. The smallest absolute Gasteiger partial charge is 0.387 e. The number of imidazole rings is 1. The van der Waals surface area contributed by atoms with E-state index >= 15 is 0 Å². The summed E-state index contributed by atoms with van der Waals surface area (Å²) in [4.78, 5) is 47.2. The largest absolute Gasteiger partial charge is 0.490 e. The summed E-state index contributed by atoms with van der Waals surface area (Å²) in [5, 5.41) is 27.2. The Morgan fingerprint density at radius 3 is 2.32 bits per heavy atom. The second-order valence-electron chi connectivity index (χ2n) is 7.02. The molecule has 0 amide bonds. The third-order valence-electron chi connectivity index (χ3n) is 4.19. The molecule has 0 aromatic carbocycles. The van der Waals surface area contributed by atoms with Crippen LogP contribution in [0, 0.1) is 5.41 Å². The van der Waals surface area contributed by atoms with E-state index in [1.165, 1.54) is 22.7 Å². The number of hydrogen-bond acceptors (Lipinski definition) is 16. The van der Waals surface area contributed by atoms with Crippen molar-refractivity contribution in [3.05, 3.63) is 12.7 Å². The molecule has 0 radical (unpaired) electrons. The first kappa shape index (κ1) is 32.6. The second kappa shape index (κ2) is 13.2. The number of ether oxygens (including phenoxy) is 1. The topological polar surface area (TPSA) is 355 Å². The summed E-state index contributed by atoms with van der Waals surface area (Å²) in [5.74, 6) is 0.788. The van der Waals surface area contributed by atoms with E-state index < -0.39 is 54.6 Å². The number of nitrogen functional groups attached to an aromatic ring is 1. The minimum Gasteiger partial charge on any atom is -0.387 e. The summed E-state index contributed by atoms with van der Waals surface area (Å²) in [7, 11) is -16.7. The number of thioether (sulfide) groups is 1. The Labute approximate surface area is 217 Å². The summed E-state index contributed by atoms with van der Waals surface area (Å²) in [6.45, 7) is -0.369. The molecule has 1 saturated heterocycles. The number of nitrogens with one attached hydrogen (secondary N) is 1. The standard InChI is InChI=1S/C10H16N5O13P3.C3H9N3S/c11-8-5-9(13-2-12-8)15(3-14-5)10-7(17)6(16)4(26-10)1-25-30(21,22)28-31(23,24)27-29(18,19)20;4-1-2-7-3(5)6/h2-4,6-7,10,16-17H,1H2,(H,21,22)(H,23,24)(H2,11,12,13)(H2,18,19,20);1-2,4H2,(H3,5,6)/t4-,6-,7-,10?;/m1./s1. The Morgan fingerprint density at radius 2 is 1.76 bits per heavy atom. The van der Waals surface area contributed by atoms with Crippen molar-refractivity contribution < 1.29 is 61.4 Å². The Bertz CT molecular complexity index is 1260. The number of nitrogens with zero attached hydrogens (tertiary/aromatic N) is 4. The van der Waals surface area contributed by atoms with Crippen molar-refractivity contribution in [1.82, 2.24) is 19.5 Å². The number of hydrogen-bond donors (Lipinski definition) is 10. The van der Waals surface area contributed by atoms with E-state index in [1.54, 1.807) is 0 Å². The van der Waals surface area contributed by atoms with Gasteiger partial charge in [-0.3, -0.25) is 14.5 Å². The van der Waals surface area contributed by atoms with E-state index in [1.807, 2.05) is 0 Å². The molecule has 2 aromatic rings. The lowest BCUT2D eigenvalue weighted by Gasteiger charge is -2.19. The number of rotatable bonds is 10. The molecule has 13 N–H and O–H groups in total. The fourth-order valence-electron chi connectivity index (χ4n) is 2.79. The molecule has 2 aromatic heterocycles. The molecule has 1 fully saturated rings. The van der Waals surface area contributed by atoms with Gasteiger partial charge in [0.05, 0.1) is 12.9 Å². The van der Waals surface area contributed by atoms with Crippen LogP contribution >= 0.6 is 35.2 Å². The molecule has 216 valence electrons. The summed E-state index contributed by atoms with van der Waals surface area (Å²) in [6.07, 6.45) is -3.69. The number of phosphoric acid groups is 3. The molecule has 0 bridgehead atoms. The van der Waals surface area contributed by atoms with Crippen molar-refractivity contribution in [1.29, 1.82) is 5.41 Å². The molecule has 21 nitrogen and oxygen atoms in total. The maximum atomic E-state index is 11.8. The van der Waals surface area contributed by atoms with E-state index in [2.05, 4.69) is 28.1 Å². The lowest BCUT2D eigenvalue weighted by atomic mass is 10.1. The van der Waals surface area contributed by atoms with Gasteiger partial charge in [-0.2, -0.15) is 8.62 Å². The van der Waals surface area contributed by atoms with Crippen molar-refractivity contribution in [2.75, 3.05) is 24.6 Å². The van der Waals surface area contributed by atoms with E-state index in [0.717, 1.165) is 12.1 Å². The first-order chi connectivity index (χ1) is 17.5. The second-order valence-corrected chi connectivity index (χ2v) is 12.6. The minimum absolute atomic E-state index is 0.0426. The third-order valence-corrected chi connectivity index (χ3v) is 8.75. The number of amidine groups is 1. The van der Waals surface area contributed by atoms with Gasteiger partial charge in [-0.15, -0.1) is 0 Å². The lowest BCUT2D eigenvalue weighted by molar-refractivity contribution is -0.0503. The van der Waals surface area contributed by atoms with Crippen LogP contribution in [-0.2, 0) is 31.6 Å². The Morgan fingerprint density at radius 1 is 1.11 bits per heavy atom. The van der Waals surface area contributed by atoms with Gasteiger partial charge in [-0.25, -0.2) is 28.6 Å². The lowest BCUT2D eigenvalue weighted by Crippen LogP contribution is -2.33. The van der Waals surface area contributed by atoms with Crippen LogP contribution in [0.4, 0.5) is 5.82 Å². The van der Waals surface area contributed by atoms with E-state index in [0.29, 0.717) is 6.54 Å². The number of aromatic nitrogens is 4. The van der Waals surface area contributed by atoms with Gasteiger partial charge in [0.1, 0.15) is 30.2 Å². The number of anilines is 1. The zero-order valence-corrected chi connectivity index (χ0v) is 22.4. The van der Waals surface area contributed by atoms with Gasteiger partial charge in [-0.05, 0) is 0 Å². The van der Waals surface area contributed by atoms with Crippen LogP contribution in [0.15, 0.2) is 12.7 Å². The molecule has 6 atom stereocenters. The first-order valence-corrected chi connectivity index (χ1v) is 15.4. The van der Waals surface area contributed by atoms with Crippen LogP contribution in [0.1, 0.15) is 6.23 Å². The molecular formula is C13H25N8O13P3S. The molecule has 1 aliphatic rings. The summed E-state index contributed by atoms with van der Waals surface area (Å²) in [5.41, 5.74) is 16.1. The highest BCUT2D eigenvalue weighted by Crippen LogP contribution is 2.66. The fraction of sp³-hybridized carbons (Fsp3) is 0.538. The summed E-state index contributed by atoms with van der Waals surface area (Å²) < 4.78 is 51.9. The highest BCUT2D eigenvalue weighted by Gasteiger charge is 2.47. The third kappa shape index (κ3) is 9.56. The molecule has 1 aliphatic heterocycles. The SMILES string of the molecule is N=C(N)SCCN.Nc1ncnc2c1ncn2C1O[C@H](COP(=O)(O)OP(=O)(O)OP(=O)(O)O)[C@@H](O)[C@H]1O. The molecule has 0 aliphatic carbocycles. The number of nitrogens with two attached hydrogens (primary N) is 3. The normalized spacial score (nSPS) is 24.8. The van der Waals surface area contributed by atoms with E-state index in [4.69, 9.17) is 42.0 Å². The van der Waals surface area contributed by atoms with Gasteiger partial charge < -0.3 is 51.7 Å². The first-order valence-electron chi connectivity index (χ1n) is 9.86. The van der Waals surface area contributed by atoms with E-state index in [-0.39, 0.29) is 22.1 Å². The molecule has 38 heavy (non-hydrogen) atoms. The number of aliphatic hydroxyl groups excluding tert-OH is 2. The molecule has 0 spiro atoms. The van der Waals surface area contributed by atoms with Crippen LogP contribution in [0.25, 0.3) is 11.2 Å². The predicted molar refractivity (Wildman–Crippen MR) is 129 cm³/mol. The van der Waals surface area contributed by atoms with Crippen LogP contribution in [-0.4, -0.2) is 91.7 Å². The zero-order chi connectivity index (χ0) is 28.9. The van der Waals surface area contributed by atoms with Gasteiger partial charge in [0.2, 0.25) is 0 Å². The Balaban J connectivity index is 0.000000638. The molecule has 3 unspecified atom stereocenters. The molecule has 3 rings (SSSR count). The van der Waals surface area contributed by atoms with Crippen molar-refractivity contribution in [2.45, 2.75) is 24.5 Å². The van der Waals surface area contributed by atoms with Crippen LogP contribution in [0.3, 0.4) is 0 Å². The van der Waals surface area contributed by atoms with Gasteiger partial charge in [0.15, 0.2) is 22.9 Å². The Kier molecular flexibility index (Phi) is 11.3. The highest BCUT2D eigenvalue weighted by atomic mass is 32.2. The maximum Gasteiger partial charge on any atom is 0.490 e. The minimum atomic E-state index is -5.70. The number of phosphoric ester groups is 1. The van der Waals surface area contributed by atoms with Crippen molar-refractivity contribution in [3.8, 4) is 0 Å². The quantitative estimate of drug-likeness (QED) is 0.0769. The van der Waals surface area contributed by atoms with Gasteiger partial charge >= 0.3 is 23.5 Å². The molecule has 3 heterocycles. The van der Waals surface area contributed by atoms with Crippen LogP contribution < -0.4 is 17.2 Å². The maximum absolute atomic E-state index is 11.8. The van der Waals surface area contributed by atoms with Crippen LogP contribution in [0.2, 0.25) is 0 Å². The number of aliphatic hydroxyl groups is 2. The van der Waals surface area contributed by atoms with Crippen molar-refractivity contribution >= 4 is 57.4 Å². The van der Waals surface area contributed by atoms with Gasteiger partial charge in [0.25, 0.3) is 0 Å². The molecule has 25 heteroatoms. The van der Waals surface area contributed by atoms with Crippen molar-refractivity contribution in [3.63, 3.8) is 0 Å². The molecular weight excluding hydrogens is 601 g/mol. The average Bonchev–Trinajstić information content (AvgIpc) is 3.31. The Hall–Kier alpha value is -1.58. The van der Waals surface area contributed by atoms with Crippen LogP contribution in [0.5, 0.6) is 0 Å². The fourth-order valence-corrected chi connectivity index (χ4v) is 6.16. The van der Waals surface area contributed by atoms with Gasteiger partial charge in [-0.1, -0.05) is 11.8 Å². The summed E-state index contributed by atoms with van der Waals surface area (Å²) >= 11 is 1.27. The predicted octanol–water partition coefficient (Wildman–Crippen LogP) is -2.06. The average molecular weight is 626 g/mol. The zero-order valence-electron chi connectivity index (χ0n) is 18.9. The van der Waals surface area contributed by atoms with Crippen molar-refractivity contribution in [2.24, 2.45) is 11.5 Å². The summed E-state index contributed by atoms with van der Waals surface area (Å²) in [6, 6.07) is 0. The number of fused-ring (bicyclic) bond motifs is 1.